The van der Waals surface area contributed by atoms with Crippen LogP contribution in [0.25, 0.3) is 10.7 Å². The molecule has 2 rings (SSSR count). The number of carbonyl (C=O) groups is 1. The van der Waals surface area contributed by atoms with Crippen molar-refractivity contribution in [2.75, 3.05) is 6.61 Å². The summed E-state index contributed by atoms with van der Waals surface area (Å²) in [5.74, 6) is 0.396. The fourth-order valence-electron chi connectivity index (χ4n) is 1.38. The maximum Gasteiger partial charge on any atom is 0.321 e. The highest BCUT2D eigenvalue weighted by molar-refractivity contribution is 7.13. The quantitative estimate of drug-likeness (QED) is 0.796. The smallest absolute Gasteiger partial charge is 0.321 e. The average Bonchev–Trinajstić information content (AvgIpc) is 3.00. The zero-order valence-electron chi connectivity index (χ0n) is 10.5. The number of rotatable bonds is 4. The molecule has 0 N–H and O–H groups in total. The van der Waals surface area contributed by atoms with Gasteiger partial charge in [0, 0.05) is 0 Å². The van der Waals surface area contributed by atoms with Crippen LogP contribution >= 0.6 is 11.3 Å². The minimum Gasteiger partial charge on any atom is -0.465 e. The van der Waals surface area contributed by atoms with Gasteiger partial charge in [0.25, 0.3) is 0 Å². The minimum atomic E-state index is -0.932. The van der Waals surface area contributed by atoms with Gasteiger partial charge in [0.1, 0.15) is 5.41 Å². The summed E-state index contributed by atoms with van der Waals surface area (Å²) >= 11 is 1.52. The number of carbonyl (C=O) groups excluding carboxylic acids is 1. The van der Waals surface area contributed by atoms with E-state index in [1.165, 1.54) is 11.3 Å². The SMILES string of the molecule is CCOC(=O)C(C)(C)c1nc(-c2cccs2)no1. The van der Waals surface area contributed by atoms with E-state index in [2.05, 4.69) is 10.1 Å². The first-order valence-corrected chi connectivity index (χ1v) is 6.49. The van der Waals surface area contributed by atoms with E-state index in [0.29, 0.717) is 12.4 Å². The summed E-state index contributed by atoms with van der Waals surface area (Å²) in [5, 5.41) is 5.82. The summed E-state index contributed by atoms with van der Waals surface area (Å²) in [7, 11) is 0. The van der Waals surface area contributed by atoms with Gasteiger partial charge in [-0.15, -0.1) is 11.3 Å². The topological polar surface area (TPSA) is 65.2 Å². The molecule has 2 aromatic rings. The number of aromatic nitrogens is 2. The van der Waals surface area contributed by atoms with Crippen LogP contribution in [-0.4, -0.2) is 22.7 Å². The summed E-state index contributed by atoms with van der Waals surface area (Å²) < 4.78 is 10.2. The molecule has 0 bridgehead atoms. The third kappa shape index (κ3) is 2.28. The molecule has 0 saturated carbocycles. The van der Waals surface area contributed by atoms with Crippen molar-refractivity contribution in [3.05, 3.63) is 23.4 Å². The lowest BCUT2D eigenvalue weighted by atomic mass is 9.94. The molecule has 0 aliphatic heterocycles. The first-order chi connectivity index (χ1) is 8.55. The molecule has 0 unspecified atom stereocenters. The normalized spacial score (nSPS) is 11.5. The monoisotopic (exact) mass is 266 g/mol. The summed E-state index contributed by atoms with van der Waals surface area (Å²) in [6, 6.07) is 3.81. The predicted molar refractivity (Wildman–Crippen MR) is 67.3 cm³/mol. The van der Waals surface area contributed by atoms with Crippen LogP contribution < -0.4 is 0 Å². The molecule has 96 valence electrons. The van der Waals surface area contributed by atoms with Gasteiger partial charge in [0.15, 0.2) is 0 Å². The van der Waals surface area contributed by atoms with Crippen molar-refractivity contribution < 1.29 is 14.1 Å². The molecule has 0 saturated heterocycles. The van der Waals surface area contributed by atoms with Gasteiger partial charge in [-0.05, 0) is 32.2 Å². The maximum absolute atomic E-state index is 11.8. The van der Waals surface area contributed by atoms with E-state index in [1.807, 2.05) is 17.5 Å². The summed E-state index contributed by atoms with van der Waals surface area (Å²) in [4.78, 5) is 17.0. The summed E-state index contributed by atoms with van der Waals surface area (Å²) in [5.41, 5.74) is -0.932. The van der Waals surface area contributed by atoms with Gasteiger partial charge in [0.2, 0.25) is 11.7 Å². The molecule has 5 nitrogen and oxygen atoms in total. The van der Waals surface area contributed by atoms with Crippen molar-refractivity contribution in [2.24, 2.45) is 0 Å². The van der Waals surface area contributed by atoms with Gasteiger partial charge in [-0.25, -0.2) is 0 Å². The number of hydrogen-bond donors (Lipinski definition) is 0. The Bertz CT molecular complexity index is 531. The fraction of sp³-hybridized carbons (Fsp3) is 0.417. The van der Waals surface area contributed by atoms with Crippen LogP contribution in [-0.2, 0) is 14.9 Å². The van der Waals surface area contributed by atoms with Crippen molar-refractivity contribution >= 4 is 17.3 Å². The van der Waals surface area contributed by atoms with E-state index in [9.17, 15) is 4.79 Å². The Labute approximate surface area is 109 Å². The Morgan fingerprint density at radius 3 is 2.94 bits per heavy atom. The molecule has 0 radical (unpaired) electrons. The second kappa shape index (κ2) is 4.89. The van der Waals surface area contributed by atoms with E-state index >= 15 is 0 Å². The fourth-order valence-corrected chi connectivity index (χ4v) is 2.03. The van der Waals surface area contributed by atoms with Crippen LogP contribution in [0.4, 0.5) is 0 Å². The lowest BCUT2D eigenvalue weighted by Crippen LogP contribution is -2.31. The lowest BCUT2D eigenvalue weighted by molar-refractivity contribution is -0.149. The van der Waals surface area contributed by atoms with Crippen molar-refractivity contribution in [3.63, 3.8) is 0 Å². The van der Waals surface area contributed by atoms with Crippen molar-refractivity contribution in [2.45, 2.75) is 26.2 Å². The summed E-state index contributed by atoms with van der Waals surface area (Å²) in [6.07, 6.45) is 0. The van der Waals surface area contributed by atoms with E-state index in [4.69, 9.17) is 9.26 Å². The third-order valence-corrected chi connectivity index (χ3v) is 3.35. The predicted octanol–water partition coefficient (Wildman–Crippen LogP) is 2.64. The molecular weight excluding hydrogens is 252 g/mol. The van der Waals surface area contributed by atoms with Crippen molar-refractivity contribution in [1.29, 1.82) is 0 Å². The maximum atomic E-state index is 11.8. The molecule has 0 aliphatic carbocycles. The zero-order valence-corrected chi connectivity index (χ0v) is 11.3. The highest BCUT2D eigenvalue weighted by Gasteiger charge is 2.37. The number of esters is 1. The second-order valence-electron chi connectivity index (χ2n) is 4.25. The lowest BCUT2D eigenvalue weighted by Gasteiger charge is -2.16. The van der Waals surface area contributed by atoms with Crippen LogP contribution in [0.3, 0.4) is 0 Å². The van der Waals surface area contributed by atoms with Crippen LogP contribution in [0.5, 0.6) is 0 Å². The molecule has 0 amide bonds. The van der Waals surface area contributed by atoms with Gasteiger partial charge in [0.05, 0.1) is 11.5 Å². The Balaban J connectivity index is 2.27. The Morgan fingerprint density at radius 2 is 2.33 bits per heavy atom. The number of ether oxygens (including phenoxy) is 1. The first kappa shape index (κ1) is 12.8. The van der Waals surface area contributed by atoms with Gasteiger partial charge in [-0.1, -0.05) is 11.2 Å². The number of nitrogens with zero attached hydrogens (tertiary/aromatic N) is 2. The van der Waals surface area contributed by atoms with E-state index in [-0.39, 0.29) is 11.9 Å². The van der Waals surface area contributed by atoms with Gasteiger partial charge >= 0.3 is 5.97 Å². The molecule has 0 fully saturated rings. The molecule has 18 heavy (non-hydrogen) atoms. The molecule has 0 spiro atoms. The molecule has 0 aliphatic rings. The Kier molecular flexibility index (Phi) is 3.47. The van der Waals surface area contributed by atoms with Crippen molar-refractivity contribution in [1.82, 2.24) is 10.1 Å². The average molecular weight is 266 g/mol. The van der Waals surface area contributed by atoms with Crippen LogP contribution in [0, 0.1) is 0 Å². The Morgan fingerprint density at radius 1 is 1.56 bits per heavy atom. The largest absolute Gasteiger partial charge is 0.465 e. The highest BCUT2D eigenvalue weighted by Crippen LogP contribution is 2.27. The molecule has 2 aromatic heterocycles. The highest BCUT2D eigenvalue weighted by atomic mass is 32.1. The van der Waals surface area contributed by atoms with E-state index < -0.39 is 5.41 Å². The molecular formula is C12H14N2O3S. The number of hydrogen-bond acceptors (Lipinski definition) is 6. The minimum absolute atomic E-state index is 0.268. The van der Waals surface area contributed by atoms with E-state index in [1.54, 1.807) is 20.8 Å². The van der Waals surface area contributed by atoms with Gasteiger partial charge < -0.3 is 9.26 Å². The Hall–Kier alpha value is -1.69. The summed E-state index contributed by atoms with van der Waals surface area (Å²) in [6.45, 7) is 5.50. The zero-order chi connectivity index (χ0) is 13.2. The van der Waals surface area contributed by atoms with Crippen LogP contribution in [0.2, 0.25) is 0 Å². The second-order valence-corrected chi connectivity index (χ2v) is 5.19. The molecule has 0 aromatic carbocycles. The van der Waals surface area contributed by atoms with E-state index in [0.717, 1.165) is 4.88 Å². The van der Waals surface area contributed by atoms with Crippen LogP contribution in [0.15, 0.2) is 22.0 Å². The molecule has 6 heteroatoms. The van der Waals surface area contributed by atoms with Crippen LogP contribution in [0.1, 0.15) is 26.7 Å². The van der Waals surface area contributed by atoms with Gasteiger partial charge in [-0.3, -0.25) is 4.79 Å². The van der Waals surface area contributed by atoms with Gasteiger partial charge in [-0.2, -0.15) is 4.98 Å². The molecule has 2 heterocycles. The first-order valence-electron chi connectivity index (χ1n) is 5.61. The third-order valence-electron chi connectivity index (χ3n) is 2.49. The molecule has 0 atom stereocenters. The standard InChI is InChI=1S/C12H14N2O3S/c1-4-16-11(15)12(2,3)10-13-9(14-17-10)8-6-5-7-18-8/h5-7H,4H2,1-3H3. The van der Waals surface area contributed by atoms with Crippen molar-refractivity contribution in [3.8, 4) is 10.7 Å². The number of thiophene rings is 1.